The summed E-state index contributed by atoms with van der Waals surface area (Å²) in [6, 6.07) is 9.99. The lowest BCUT2D eigenvalue weighted by Crippen LogP contribution is -2.48. The van der Waals surface area contributed by atoms with E-state index in [2.05, 4.69) is 23.2 Å². The monoisotopic (exact) mass is 263 g/mol. The molecule has 1 N–H and O–H groups in total. The van der Waals surface area contributed by atoms with Crippen LogP contribution < -0.4 is 5.32 Å². The van der Waals surface area contributed by atoms with Gasteiger partial charge in [-0.2, -0.15) is 5.26 Å². The molecule has 1 heterocycles. The number of anilines is 1. The summed E-state index contributed by atoms with van der Waals surface area (Å²) in [5.74, 6) is 0. The number of nitrogens with one attached hydrogen (secondary N) is 1. The number of nitrogens with zero attached hydrogens (tertiary/aromatic N) is 2. The van der Waals surface area contributed by atoms with E-state index < -0.39 is 5.54 Å². The lowest BCUT2D eigenvalue weighted by atomic mass is 9.88. The molecule has 3 nitrogen and oxygen atoms in total. The zero-order valence-corrected chi connectivity index (χ0v) is 11.4. The van der Waals surface area contributed by atoms with Gasteiger partial charge in [-0.1, -0.05) is 18.5 Å². The van der Waals surface area contributed by atoms with Gasteiger partial charge in [0.2, 0.25) is 0 Å². The molecule has 96 valence electrons. The quantitative estimate of drug-likeness (QED) is 0.911. The van der Waals surface area contributed by atoms with Gasteiger partial charge in [0.25, 0.3) is 0 Å². The fourth-order valence-electron chi connectivity index (χ4n) is 2.33. The van der Waals surface area contributed by atoms with Crippen molar-refractivity contribution in [3.8, 4) is 6.07 Å². The maximum atomic E-state index is 9.46. The topological polar surface area (TPSA) is 39.1 Å². The second kappa shape index (κ2) is 5.60. The number of piperidine rings is 1. The summed E-state index contributed by atoms with van der Waals surface area (Å²) in [4.78, 5) is 2.37. The summed E-state index contributed by atoms with van der Waals surface area (Å²) in [5.41, 5.74) is 0.533. The third-order valence-electron chi connectivity index (χ3n) is 3.60. The Morgan fingerprint density at radius 1 is 1.33 bits per heavy atom. The summed E-state index contributed by atoms with van der Waals surface area (Å²) >= 11 is 5.86. The molecule has 0 aliphatic carbocycles. The Morgan fingerprint density at radius 2 is 1.94 bits per heavy atom. The van der Waals surface area contributed by atoms with Crippen LogP contribution in [-0.2, 0) is 0 Å². The van der Waals surface area contributed by atoms with Gasteiger partial charge in [-0.25, -0.2) is 0 Å². The minimum atomic E-state index is -0.431. The maximum absolute atomic E-state index is 9.46. The predicted molar refractivity (Wildman–Crippen MR) is 74.8 cm³/mol. The molecular weight excluding hydrogens is 246 g/mol. The van der Waals surface area contributed by atoms with E-state index >= 15 is 0 Å². The standard InChI is InChI=1S/C14H18ClN3/c1-2-18-9-7-14(11-16,8-10-18)17-13-5-3-12(15)4-6-13/h3-6,17H,2,7-10H2,1H3. The average molecular weight is 264 g/mol. The summed E-state index contributed by atoms with van der Waals surface area (Å²) in [6.45, 7) is 5.17. The van der Waals surface area contributed by atoms with Crippen molar-refractivity contribution in [3.63, 3.8) is 0 Å². The van der Waals surface area contributed by atoms with Gasteiger partial charge in [-0.15, -0.1) is 0 Å². The molecule has 0 saturated carbocycles. The molecule has 0 atom stereocenters. The molecule has 0 aromatic heterocycles. The van der Waals surface area contributed by atoms with E-state index in [1.807, 2.05) is 24.3 Å². The van der Waals surface area contributed by atoms with Crippen molar-refractivity contribution in [1.29, 1.82) is 5.26 Å². The van der Waals surface area contributed by atoms with Crippen LogP contribution in [0.2, 0.25) is 5.02 Å². The molecule has 1 aromatic carbocycles. The van der Waals surface area contributed by atoms with Crippen LogP contribution in [0.4, 0.5) is 5.69 Å². The Bertz CT molecular complexity index is 427. The molecule has 0 bridgehead atoms. The van der Waals surface area contributed by atoms with E-state index in [0.29, 0.717) is 5.02 Å². The smallest absolute Gasteiger partial charge is 0.127 e. The minimum Gasteiger partial charge on any atom is -0.367 e. The number of likely N-dealkylation sites (tertiary alicyclic amines) is 1. The SMILES string of the molecule is CCN1CCC(C#N)(Nc2ccc(Cl)cc2)CC1. The van der Waals surface area contributed by atoms with Crippen LogP contribution in [0.25, 0.3) is 0 Å². The summed E-state index contributed by atoms with van der Waals surface area (Å²) < 4.78 is 0. The summed E-state index contributed by atoms with van der Waals surface area (Å²) in [5, 5.41) is 13.5. The first-order valence-corrected chi connectivity index (χ1v) is 6.72. The highest BCUT2D eigenvalue weighted by Crippen LogP contribution is 2.27. The number of benzene rings is 1. The molecule has 1 saturated heterocycles. The molecule has 0 unspecified atom stereocenters. The first kappa shape index (κ1) is 13.2. The third kappa shape index (κ3) is 2.95. The summed E-state index contributed by atoms with van der Waals surface area (Å²) in [7, 11) is 0. The van der Waals surface area contributed by atoms with Gasteiger partial charge in [-0.3, -0.25) is 0 Å². The zero-order valence-electron chi connectivity index (χ0n) is 10.6. The van der Waals surface area contributed by atoms with E-state index in [-0.39, 0.29) is 0 Å². The van der Waals surface area contributed by atoms with Gasteiger partial charge in [0.05, 0.1) is 6.07 Å². The lowest BCUT2D eigenvalue weighted by molar-refractivity contribution is 0.206. The minimum absolute atomic E-state index is 0.431. The van der Waals surface area contributed by atoms with Crippen molar-refractivity contribution in [3.05, 3.63) is 29.3 Å². The lowest BCUT2D eigenvalue weighted by Gasteiger charge is -2.37. The van der Waals surface area contributed by atoms with Gasteiger partial charge < -0.3 is 10.2 Å². The number of rotatable bonds is 3. The normalized spacial score (nSPS) is 19.2. The van der Waals surface area contributed by atoms with E-state index in [0.717, 1.165) is 38.2 Å². The Balaban J connectivity index is 2.06. The highest BCUT2D eigenvalue weighted by Gasteiger charge is 2.34. The van der Waals surface area contributed by atoms with Crippen molar-refractivity contribution in [2.75, 3.05) is 25.0 Å². The van der Waals surface area contributed by atoms with E-state index in [1.165, 1.54) is 0 Å². The second-order valence-corrected chi connectivity index (χ2v) is 5.20. The van der Waals surface area contributed by atoms with E-state index in [1.54, 1.807) is 0 Å². The molecule has 1 aliphatic rings. The van der Waals surface area contributed by atoms with Crippen LogP contribution in [0, 0.1) is 11.3 Å². The third-order valence-corrected chi connectivity index (χ3v) is 3.85. The Hall–Kier alpha value is -1.24. The highest BCUT2D eigenvalue weighted by atomic mass is 35.5. The molecule has 1 fully saturated rings. The Labute approximate surface area is 113 Å². The molecule has 1 aromatic rings. The first-order valence-electron chi connectivity index (χ1n) is 6.35. The van der Waals surface area contributed by atoms with Crippen LogP contribution in [0.15, 0.2) is 24.3 Å². The van der Waals surface area contributed by atoms with Crippen LogP contribution in [-0.4, -0.2) is 30.1 Å². The van der Waals surface area contributed by atoms with Crippen LogP contribution in [0.5, 0.6) is 0 Å². The largest absolute Gasteiger partial charge is 0.367 e. The Morgan fingerprint density at radius 3 is 2.44 bits per heavy atom. The fraction of sp³-hybridized carbons (Fsp3) is 0.500. The second-order valence-electron chi connectivity index (χ2n) is 4.76. The van der Waals surface area contributed by atoms with Gasteiger partial charge in [0.1, 0.15) is 5.54 Å². The van der Waals surface area contributed by atoms with Gasteiger partial charge in [-0.05, 0) is 43.7 Å². The van der Waals surface area contributed by atoms with Crippen molar-refractivity contribution in [2.24, 2.45) is 0 Å². The van der Waals surface area contributed by atoms with E-state index in [9.17, 15) is 5.26 Å². The van der Waals surface area contributed by atoms with Gasteiger partial charge >= 0.3 is 0 Å². The Kier molecular flexibility index (Phi) is 4.11. The number of hydrogen-bond donors (Lipinski definition) is 1. The zero-order chi connectivity index (χ0) is 13.0. The first-order chi connectivity index (χ1) is 8.67. The van der Waals surface area contributed by atoms with Gasteiger partial charge in [0.15, 0.2) is 0 Å². The molecule has 0 radical (unpaired) electrons. The van der Waals surface area contributed by atoms with Crippen LogP contribution in [0.3, 0.4) is 0 Å². The van der Waals surface area contributed by atoms with Crippen molar-refractivity contribution < 1.29 is 0 Å². The maximum Gasteiger partial charge on any atom is 0.127 e. The number of hydrogen-bond acceptors (Lipinski definition) is 3. The number of nitriles is 1. The molecule has 0 amide bonds. The van der Waals surface area contributed by atoms with Crippen LogP contribution >= 0.6 is 11.6 Å². The molecular formula is C14H18ClN3. The van der Waals surface area contributed by atoms with Crippen molar-refractivity contribution >= 4 is 17.3 Å². The average Bonchev–Trinajstić information content (AvgIpc) is 2.42. The molecule has 1 aliphatic heterocycles. The summed E-state index contributed by atoms with van der Waals surface area (Å²) in [6.07, 6.45) is 1.72. The van der Waals surface area contributed by atoms with Crippen molar-refractivity contribution in [2.45, 2.75) is 25.3 Å². The molecule has 18 heavy (non-hydrogen) atoms. The van der Waals surface area contributed by atoms with E-state index in [4.69, 9.17) is 11.6 Å². The number of halogens is 1. The molecule has 0 spiro atoms. The molecule has 4 heteroatoms. The van der Waals surface area contributed by atoms with Gasteiger partial charge in [0, 0.05) is 23.8 Å². The molecule has 2 rings (SSSR count). The van der Waals surface area contributed by atoms with Crippen molar-refractivity contribution in [1.82, 2.24) is 4.90 Å². The predicted octanol–water partition coefficient (Wildman–Crippen LogP) is 3.13. The van der Waals surface area contributed by atoms with Crippen LogP contribution in [0.1, 0.15) is 19.8 Å². The highest BCUT2D eigenvalue weighted by molar-refractivity contribution is 6.30. The fourth-order valence-corrected chi connectivity index (χ4v) is 2.45.